The number of ether oxygens (including phenoxy) is 1. The molecule has 2 amide bonds. The van der Waals surface area contributed by atoms with Gasteiger partial charge in [0.2, 0.25) is 11.9 Å². The van der Waals surface area contributed by atoms with Gasteiger partial charge in [0, 0.05) is 18.3 Å². The van der Waals surface area contributed by atoms with Gasteiger partial charge in [-0.05, 0) is 5.56 Å². The van der Waals surface area contributed by atoms with E-state index in [0.29, 0.717) is 13.1 Å². The average Bonchev–Trinajstić information content (AvgIpc) is 3.02. The van der Waals surface area contributed by atoms with Crippen molar-refractivity contribution in [3.8, 4) is 0 Å². The molecule has 8 nitrogen and oxygen atoms in total. The normalized spacial score (nSPS) is 12.6. The van der Waals surface area contributed by atoms with E-state index in [2.05, 4.69) is 15.3 Å². The van der Waals surface area contributed by atoms with Gasteiger partial charge in [0.1, 0.15) is 13.2 Å². The first-order valence-electron chi connectivity index (χ1n) is 7.44. The number of hydrogen-bond donors (Lipinski definition) is 2. The molecule has 3 N–H and O–H groups in total. The molecule has 0 saturated carbocycles. The lowest BCUT2D eigenvalue weighted by Gasteiger charge is -2.15. The Kier molecular flexibility index (Phi) is 4.55. The Morgan fingerprint density at radius 3 is 2.83 bits per heavy atom. The summed E-state index contributed by atoms with van der Waals surface area (Å²) in [4.78, 5) is 33.4. The second-order valence-corrected chi connectivity index (χ2v) is 5.37. The lowest BCUT2D eigenvalue weighted by Crippen LogP contribution is -2.37. The number of hydrogen-bond acceptors (Lipinski definition) is 6. The zero-order valence-electron chi connectivity index (χ0n) is 12.9. The maximum atomic E-state index is 12.2. The molecule has 1 aromatic heterocycles. The monoisotopic (exact) mass is 327 g/mol. The van der Waals surface area contributed by atoms with E-state index in [-0.39, 0.29) is 25.0 Å². The highest BCUT2D eigenvalue weighted by Crippen LogP contribution is 2.20. The number of carbonyl (C=O) groups is 2. The Labute approximate surface area is 138 Å². The Balaban J connectivity index is 1.44. The first-order valence-corrected chi connectivity index (χ1v) is 7.44. The molecular weight excluding hydrogens is 310 g/mol. The van der Waals surface area contributed by atoms with Crippen molar-refractivity contribution in [1.29, 1.82) is 0 Å². The fourth-order valence-corrected chi connectivity index (χ4v) is 2.38. The van der Waals surface area contributed by atoms with Crippen LogP contribution in [0.2, 0.25) is 0 Å². The van der Waals surface area contributed by atoms with Crippen LogP contribution in [0.3, 0.4) is 0 Å². The van der Waals surface area contributed by atoms with E-state index in [9.17, 15) is 9.59 Å². The summed E-state index contributed by atoms with van der Waals surface area (Å²) in [7, 11) is 0. The van der Waals surface area contributed by atoms with Crippen molar-refractivity contribution in [2.75, 3.05) is 12.3 Å². The van der Waals surface area contributed by atoms with Gasteiger partial charge in [0.25, 0.3) is 0 Å². The SMILES string of the molecule is Nc1ncc2c(n1)CN(C(=O)CNC(=O)OCc1ccccc1)C2. The van der Waals surface area contributed by atoms with E-state index in [4.69, 9.17) is 10.5 Å². The Hall–Kier alpha value is -3.16. The van der Waals surface area contributed by atoms with Crippen molar-refractivity contribution < 1.29 is 14.3 Å². The Bertz CT molecular complexity index is 751. The highest BCUT2D eigenvalue weighted by atomic mass is 16.5. The Morgan fingerprint density at radius 2 is 2.04 bits per heavy atom. The highest BCUT2D eigenvalue weighted by Gasteiger charge is 2.25. The third-order valence-corrected chi connectivity index (χ3v) is 3.62. The highest BCUT2D eigenvalue weighted by molar-refractivity contribution is 5.82. The van der Waals surface area contributed by atoms with Gasteiger partial charge in [0.05, 0.1) is 12.2 Å². The van der Waals surface area contributed by atoms with Gasteiger partial charge in [-0.2, -0.15) is 0 Å². The van der Waals surface area contributed by atoms with Crippen molar-refractivity contribution in [2.45, 2.75) is 19.7 Å². The second kappa shape index (κ2) is 6.95. The zero-order valence-corrected chi connectivity index (χ0v) is 12.9. The van der Waals surface area contributed by atoms with Crippen LogP contribution in [0.1, 0.15) is 16.8 Å². The summed E-state index contributed by atoms with van der Waals surface area (Å²) in [6.07, 6.45) is 0.986. The number of amides is 2. The van der Waals surface area contributed by atoms with Crippen LogP contribution < -0.4 is 11.1 Å². The van der Waals surface area contributed by atoms with Gasteiger partial charge in [0.15, 0.2) is 0 Å². The molecule has 1 aliphatic heterocycles. The number of rotatable bonds is 4. The quantitative estimate of drug-likeness (QED) is 0.860. The molecule has 0 unspecified atom stereocenters. The molecule has 0 aliphatic carbocycles. The number of aromatic nitrogens is 2. The zero-order chi connectivity index (χ0) is 16.9. The molecule has 0 radical (unpaired) electrons. The van der Waals surface area contributed by atoms with E-state index in [1.807, 2.05) is 30.3 Å². The van der Waals surface area contributed by atoms with Crippen LogP contribution >= 0.6 is 0 Å². The second-order valence-electron chi connectivity index (χ2n) is 5.37. The minimum atomic E-state index is -0.632. The fraction of sp³-hybridized carbons (Fsp3) is 0.250. The third kappa shape index (κ3) is 3.78. The average molecular weight is 327 g/mol. The van der Waals surface area contributed by atoms with Gasteiger partial charge in [-0.1, -0.05) is 30.3 Å². The van der Waals surface area contributed by atoms with Gasteiger partial charge in [-0.15, -0.1) is 0 Å². The van der Waals surface area contributed by atoms with Crippen LogP contribution in [0, 0.1) is 0 Å². The lowest BCUT2D eigenvalue weighted by molar-refractivity contribution is -0.130. The summed E-state index contributed by atoms with van der Waals surface area (Å²) < 4.78 is 5.06. The summed E-state index contributed by atoms with van der Waals surface area (Å²) in [6, 6.07) is 9.31. The molecule has 24 heavy (non-hydrogen) atoms. The standard InChI is InChI=1S/C16H17N5O3/c17-15-18-6-12-8-21(9-13(12)20-15)14(22)7-19-16(23)24-10-11-4-2-1-3-5-11/h1-6H,7-10H2,(H,19,23)(H2,17,18,20). The van der Waals surface area contributed by atoms with Crippen LogP contribution in [-0.2, 0) is 29.2 Å². The number of anilines is 1. The molecule has 0 atom stereocenters. The maximum absolute atomic E-state index is 12.2. The van der Waals surface area contributed by atoms with Crippen LogP contribution in [0.4, 0.5) is 10.7 Å². The molecule has 0 fully saturated rings. The van der Waals surface area contributed by atoms with Crippen molar-refractivity contribution in [3.63, 3.8) is 0 Å². The summed E-state index contributed by atoms with van der Waals surface area (Å²) in [5.41, 5.74) is 8.02. The molecule has 1 aliphatic rings. The van der Waals surface area contributed by atoms with Gasteiger partial charge in [-0.25, -0.2) is 14.8 Å². The number of nitrogens with zero attached hydrogens (tertiary/aromatic N) is 3. The fourth-order valence-electron chi connectivity index (χ4n) is 2.38. The molecule has 0 bridgehead atoms. The van der Waals surface area contributed by atoms with Gasteiger partial charge >= 0.3 is 6.09 Å². The number of nitrogens with one attached hydrogen (secondary N) is 1. The third-order valence-electron chi connectivity index (χ3n) is 3.62. The minimum absolute atomic E-state index is 0.134. The number of fused-ring (bicyclic) bond motifs is 1. The van der Waals surface area contributed by atoms with E-state index in [1.165, 1.54) is 0 Å². The first kappa shape index (κ1) is 15.7. The van der Waals surface area contributed by atoms with Crippen LogP contribution in [-0.4, -0.2) is 33.4 Å². The van der Waals surface area contributed by atoms with Crippen LogP contribution in [0.25, 0.3) is 0 Å². The van der Waals surface area contributed by atoms with Crippen LogP contribution in [0.5, 0.6) is 0 Å². The van der Waals surface area contributed by atoms with E-state index >= 15 is 0 Å². The summed E-state index contributed by atoms with van der Waals surface area (Å²) in [5.74, 6) is -0.0334. The molecule has 1 aromatic carbocycles. The molecule has 8 heteroatoms. The molecular formula is C16H17N5O3. The topological polar surface area (TPSA) is 110 Å². The molecule has 3 rings (SSSR count). The number of nitrogens with two attached hydrogens (primary N) is 1. The van der Waals surface area contributed by atoms with Crippen molar-refractivity contribution in [3.05, 3.63) is 53.3 Å². The predicted molar refractivity (Wildman–Crippen MR) is 85.3 cm³/mol. The van der Waals surface area contributed by atoms with Gasteiger partial charge < -0.3 is 20.7 Å². The number of carbonyl (C=O) groups excluding carboxylic acids is 2. The molecule has 0 spiro atoms. The summed E-state index contributed by atoms with van der Waals surface area (Å²) in [5, 5.41) is 2.45. The largest absolute Gasteiger partial charge is 0.445 e. The minimum Gasteiger partial charge on any atom is -0.445 e. The number of nitrogen functional groups attached to an aromatic ring is 1. The Morgan fingerprint density at radius 1 is 1.25 bits per heavy atom. The summed E-state index contributed by atoms with van der Waals surface area (Å²) >= 11 is 0. The van der Waals surface area contributed by atoms with E-state index < -0.39 is 6.09 Å². The number of alkyl carbamates (subject to hydrolysis) is 1. The number of benzene rings is 1. The lowest BCUT2D eigenvalue weighted by atomic mass is 10.2. The predicted octanol–water partition coefficient (Wildman–Crippen LogP) is 0.827. The van der Waals surface area contributed by atoms with Crippen molar-refractivity contribution in [2.24, 2.45) is 0 Å². The molecule has 2 aromatic rings. The van der Waals surface area contributed by atoms with E-state index in [0.717, 1.165) is 16.8 Å². The molecule has 2 heterocycles. The maximum Gasteiger partial charge on any atom is 0.407 e. The van der Waals surface area contributed by atoms with Crippen LogP contribution in [0.15, 0.2) is 36.5 Å². The van der Waals surface area contributed by atoms with Crippen molar-refractivity contribution in [1.82, 2.24) is 20.2 Å². The molecule has 0 saturated heterocycles. The van der Waals surface area contributed by atoms with E-state index in [1.54, 1.807) is 11.1 Å². The summed E-state index contributed by atoms with van der Waals surface area (Å²) in [6.45, 7) is 0.798. The smallest absolute Gasteiger partial charge is 0.407 e. The van der Waals surface area contributed by atoms with Crippen molar-refractivity contribution >= 4 is 17.9 Å². The van der Waals surface area contributed by atoms with Gasteiger partial charge in [-0.3, -0.25) is 4.79 Å². The molecule has 124 valence electrons. The first-order chi connectivity index (χ1) is 11.6.